The van der Waals surface area contributed by atoms with Crippen LogP contribution in [0, 0.1) is 0 Å². The second kappa shape index (κ2) is 10.4. The molecule has 0 heterocycles. The van der Waals surface area contributed by atoms with Crippen LogP contribution in [0.25, 0.3) is 0 Å². The summed E-state index contributed by atoms with van der Waals surface area (Å²) in [5.41, 5.74) is 1.42. The Kier molecular flexibility index (Phi) is 8.98. The van der Waals surface area contributed by atoms with Gasteiger partial charge in [0.15, 0.2) is 0 Å². The summed E-state index contributed by atoms with van der Waals surface area (Å²) < 4.78 is 66.6. The summed E-state index contributed by atoms with van der Waals surface area (Å²) in [5, 5.41) is 2.36. The van der Waals surface area contributed by atoms with Gasteiger partial charge in [-0.15, -0.1) is 0 Å². The van der Waals surface area contributed by atoms with E-state index in [0.717, 1.165) is 37.9 Å². The number of carbonyl (C=O) groups excluding carboxylic acids is 1. The first-order chi connectivity index (χ1) is 12.2. The molecule has 0 unspecified atom stereocenters. The molecule has 1 rings (SSSR count). The smallest absolute Gasteiger partial charge is 0.385 e. The van der Waals surface area contributed by atoms with Gasteiger partial charge >= 0.3 is 12.1 Å². The number of carbonyl (C=O) groups is 1. The van der Waals surface area contributed by atoms with E-state index in [1.165, 1.54) is 0 Å². The maximum Gasteiger partial charge on any atom is 0.453 e. The van der Waals surface area contributed by atoms with Gasteiger partial charge < -0.3 is 10.1 Å². The van der Waals surface area contributed by atoms with Gasteiger partial charge in [-0.2, -0.15) is 22.0 Å². The number of alkyl halides is 5. The van der Waals surface area contributed by atoms with Crippen molar-refractivity contribution in [2.45, 2.75) is 50.6 Å². The largest absolute Gasteiger partial charge is 0.453 e. The van der Waals surface area contributed by atoms with Gasteiger partial charge in [-0.1, -0.05) is 18.6 Å². The lowest BCUT2D eigenvalue weighted by Gasteiger charge is -2.19. The SMILES string of the molecule is COCCCCCc1ccc(C(=O)NCCCC(F)(F)C(F)(F)F)cc1. The number of unbranched alkanes of at least 4 members (excludes halogenated alkanes) is 2. The molecule has 0 atom stereocenters. The second-order valence-corrected chi connectivity index (χ2v) is 6.06. The van der Waals surface area contributed by atoms with E-state index in [1.807, 2.05) is 12.1 Å². The minimum absolute atomic E-state index is 0.244. The number of nitrogens with one attached hydrogen (secondary N) is 1. The van der Waals surface area contributed by atoms with Crippen molar-refractivity contribution in [3.63, 3.8) is 0 Å². The van der Waals surface area contributed by atoms with Gasteiger partial charge in [0.25, 0.3) is 5.91 Å². The fourth-order valence-corrected chi connectivity index (χ4v) is 2.33. The minimum atomic E-state index is -5.56. The Bertz CT molecular complexity index is 544. The molecule has 148 valence electrons. The number of amides is 1. The van der Waals surface area contributed by atoms with Crippen molar-refractivity contribution >= 4 is 5.91 Å². The fraction of sp³-hybridized carbons (Fsp3) is 0.611. The van der Waals surface area contributed by atoms with Crippen LogP contribution in [0.2, 0.25) is 0 Å². The molecule has 0 fully saturated rings. The third-order valence-electron chi connectivity index (χ3n) is 3.90. The maximum atomic E-state index is 12.7. The molecule has 0 bridgehead atoms. The molecule has 3 nitrogen and oxygen atoms in total. The first-order valence-electron chi connectivity index (χ1n) is 8.48. The van der Waals surface area contributed by atoms with Crippen LogP contribution >= 0.6 is 0 Å². The number of hydrogen-bond acceptors (Lipinski definition) is 2. The quantitative estimate of drug-likeness (QED) is 0.444. The topological polar surface area (TPSA) is 38.3 Å². The minimum Gasteiger partial charge on any atom is -0.385 e. The van der Waals surface area contributed by atoms with Gasteiger partial charge in [-0.25, -0.2) is 0 Å². The third kappa shape index (κ3) is 7.68. The van der Waals surface area contributed by atoms with Crippen molar-refractivity contribution in [2.24, 2.45) is 0 Å². The van der Waals surface area contributed by atoms with E-state index in [9.17, 15) is 26.7 Å². The highest BCUT2D eigenvalue weighted by molar-refractivity contribution is 5.94. The Morgan fingerprint density at radius 1 is 1.00 bits per heavy atom. The number of aryl methyl sites for hydroxylation is 1. The summed E-state index contributed by atoms with van der Waals surface area (Å²) in [6, 6.07) is 6.85. The van der Waals surface area contributed by atoms with E-state index in [4.69, 9.17) is 4.74 Å². The van der Waals surface area contributed by atoms with Crippen LogP contribution in [0.5, 0.6) is 0 Å². The zero-order valence-electron chi connectivity index (χ0n) is 14.7. The number of hydrogen-bond donors (Lipinski definition) is 1. The standard InChI is InChI=1S/C18H24F5NO2/c1-26-13-4-2-3-6-14-7-9-15(10-8-14)16(25)24-12-5-11-17(19,20)18(21,22)23/h7-10H,2-6,11-13H2,1H3,(H,24,25). The van der Waals surface area contributed by atoms with E-state index in [-0.39, 0.29) is 6.54 Å². The predicted octanol–water partition coefficient (Wildman–Crippen LogP) is 4.75. The molecule has 1 amide bonds. The summed E-state index contributed by atoms with van der Waals surface area (Å²) in [7, 11) is 1.66. The highest BCUT2D eigenvalue weighted by Gasteiger charge is 2.56. The molecule has 0 radical (unpaired) electrons. The van der Waals surface area contributed by atoms with E-state index in [1.54, 1.807) is 19.2 Å². The molecule has 26 heavy (non-hydrogen) atoms. The molecule has 1 N–H and O–H groups in total. The molecule has 0 saturated carbocycles. The monoisotopic (exact) mass is 381 g/mol. The Labute approximate surface area is 149 Å². The maximum absolute atomic E-state index is 12.7. The normalized spacial score (nSPS) is 12.2. The van der Waals surface area contributed by atoms with Crippen molar-refractivity contribution < 1.29 is 31.5 Å². The molecule has 1 aromatic rings. The summed E-state index contributed by atoms with van der Waals surface area (Å²) >= 11 is 0. The summed E-state index contributed by atoms with van der Waals surface area (Å²) in [4.78, 5) is 11.9. The van der Waals surface area contributed by atoms with E-state index >= 15 is 0 Å². The Hall–Kier alpha value is -1.70. The van der Waals surface area contributed by atoms with Gasteiger partial charge in [0.1, 0.15) is 0 Å². The summed E-state index contributed by atoms with van der Waals surface area (Å²) in [6.07, 6.45) is -3.46. The number of rotatable bonds is 11. The van der Waals surface area contributed by atoms with E-state index in [2.05, 4.69) is 5.32 Å². The molecule has 0 aliphatic carbocycles. The Morgan fingerprint density at radius 3 is 2.23 bits per heavy atom. The van der Waals surface area contributed by atoms with Gasteiger partial charge in [-0.3, -0.25) is 4.79 Å². The van der Waals surface area contributed by atoms with Crippen molar-refractivity contribution in [3.05, 3.63) is 35.4 Å². The van der Waals surface area contributed by atoms with Crippen molar-refractivity contribution in [1.82, 2.24) is 5.32 Å². The van der Waals surface area contributed by atoms with Crippen LogP contribution in [-0.4, -0.2) is 38.3 Å². The highest BCUT2D eigenvalue weighted by atomic mass is 19.4. The van der Waals surface area contributed by atoms with Crippen LogP contribution in [0.15, 0.2) is 24.3 Å². The molecule has 0 spiro atoms. The van der Waals surface area contributed by atoms with E-state index in [0.29, 0.717) is 5.56 Å². The van der Waals surface area contributed by atoms with Gasteiger partial charge in [0.05, 0.1) is 0 Å². The summed E-state index contributed by atoms with van der Waals surface area (Å²) in [6.45, 7) is 0.486. The second-order valence-electron chi connectivity index (χ2n) is 6.06. The molecule has 8 heteroatoms. The summed E-state index contributed by atoms with van der Waals surface area (Å²) in [5.74, 6) is -5.23. The average molecular weight is 381 g/mol. The number of halogens is 5. The highest BCUT2D eigenvalue weighted by Crippen LogP contribution is 2.38. The van der Waals surface area contributed by atoms with Crippen LogP contribution < -0.4 is 5.32 Å². The third-order valence-corrected chi connectivity index (χ3v) is 3.90. The van der Waals surface area contributed by atoms with Crippen LogP contribution in [0.4, 0.5) is 22.0 Å². The molecule has 0 saturated heterocycles. The molecule has 1 aromatic carbocycles. The first kappa shape index (κ1) is 22.3. The molecule has 0 aromatic heterocycles. The number of methoxy groups -OCH3 is 1. The number of ether oxygens (including phenoxy) is 1. The van der Waals surface area contributed by atoms with Gasteiger partial charge in [-0.05, 0) is 43.4 Å². The lowest BCUT2D eigenvalue weighted by molar-refractivity contribution is -0.284. The zero-order chi connectivity index (χ0) is 19.6. The van der Waals surface area contributed by atoms with Crippen molar-refractivity contribution in [3.8, 4) is 0 Å². The number of benzene rings is 1. The zero-order valence-corrected chi connectivity index (χ0v) is 14.7. The Balaban J connectivity index is 2.33. The van der Waals surface area contributed by atoms with Crippen molar-refractivity contribution in [1.29, 1.82) is 0 Å². The molecule has 0 aliphatic heterocycles. The lowest BCUT2D eigenvalue weighted by atomic mass is 10.0. The van der Waals surface area contributed by atoms with Crippen LogP contribution in [0.1, 0.15) is 48.0 Å². The molecular weight excluding hydrogens is 357 g/mol. The molecule has 0 aliphatic rings. The predicted molar refractivity (Wildman–Crippen MR) is 88.4 cm³/mol. The van der Waals surface area contributed by atoms with Crippen LogP contribution in [0.3, 0.4) is 0 Å². The molecular formula is C18H24F5NO2. The first-order valence-corrected chi connectivity index (χ1v) is 8.48. The average Bonchev–Trinajstić information content (AvgIpc) is 2.58. The fourth-order valence-electron chi connectivity index (χ4n) is 2.33. The Morgan fingerprint density at radius 2 is 1.65 bits per heavy atom. The van der Waals surface area contributed by atoms with Crippen molar-refractivity contribution in [2.75, 3.05) is 20.3 Å². The van der Waals surface area contributed by atoms with Gasteiger partial charge in [0, 0.05) is 32.2 Å². The van der Waals surface area contributed by atoms with Crippen LogP contribution in [-0.2, 0) is 11.2 Å². The van der Waals surface area contributed by atoms with E-state index < -0.39 is 30.8 Å². The lowest BCUT2D eigenvalue weighted by Crippen LogP contribution is -2.37. The van der Waals surface area contributed by atoms with Gasteiger partial charge in [0.2, 0.25) is 0 Å².